The lowest BCUT2D eigenvalue weighted by Gasteiger charge is -2.14. The number of carbonyl (C=O) groups excluding carboxylic acids is 1. The number of Topliss-reactive ketones (excluding diaryl/α,β-unsaturated/α-hetero) is 1. The number of hydrogen-bond acceptors (Lipinski definition) is 1. The van der Waals surface area contributed by atoms with Crippen molar-refractivity contribution in [3.8, 4) is 0 Å². The number of carbonyl (C=O) groups is 1. The molecule has 0 radical (unpaired) electrons. The Bertz CT molecular complexity index is 198. The first kappa shape index (κ1) is 18.7. The molecule has 0 heterocycles. The van der Waals surface area contributed by atoms with Gasteiger partial charge < -0.3 is 0 Å². The molecule has 1 nitrogen and oxygen atoms in total. The molecule has 0 bridgehead atoms. The van der Waals surface area contributed by atoms with Crippen molar-refractivity contribution in [2.45, 2.75) is 104 Å². The molecule has 0 aromatic rings. The summed E-state index contributed by atoms with van der Waals surface area (Å²) in [7, 11) is 0. The third kappa shape index (κ3) is 11.2. The van der Waals surface area contributed by atoms with Crippen LogP contribution in [0.2, 0.25) is 0 Å². The summed E-state index contributed by atoms with van der Waals surface area (Å²) in [5, 5.41) is 0. The summed E-state index contributed by atoms with van der Waals surface area (Å²) in [6, 6.07) is 0. The molecule has 0 amide bonds. The van der Waals surface area contributed by atoms with Crippen LogP contribution in [0.1, 0.15) is 104 Å². The highest BCUT2D eigenvalue weighted by atomic mass is 16.1. The van der Waals surface area contributed by atoms with Crippen LogP contribution in [0.3, 0.4) is 0 Å². The molecule has 1 heteroatoms. The first-order valence-electron chi connectivity index (χ1n) is 8.78. The van der Waals surface area contributed by atoms with Crippen LogP contribution >= 0.6 is 0 Å². The Balaban J connectivity index is 3.71. The highest BCUT2D eigenvalue weighted by molar-refractivity contribution is 5.80. The van der Waals surface area contributed by atoms with Gasteiger partial charge in [0.2, 0.25) is 0 Å². The Hall–Kier alpha value is -0.330. The van der Waals surface area contributed by atoms with Crippen molar-refractivity contribution in [2.75, 3.05) is 0 Å². The normalized spacial score (nSPS) is 12.6. The van der Waals surface area contributed by atoms with Crippen LogP contribution in [0.4, 0.5) is 0 Å². The van der Waals surface area contributed by atoms with E-state index in [0.29, 0.717) is 11.7 Å². The Morgan fingerprint density at radius 2 is 1.11 bits per heavy atom. The fourth-order valence-electron chi connectivity index (χ4n) is 2.74. The molecule has 0 rings (SSSR count). The quantitative estimate of drug-likeness (QED) is 0.338. The SMILES string of the molecule is CCCCCCCCC(CCCCCC)C(=O)CC. The Kier molecular flexibility index (Phi) is 13.8. The summed E-state index contributed by atoms with van der Waals surface area (Å²) >= 11 is 0. The van der Waals surface area contributed by atoms with Gasteiger partial charge in [0.25, 0.3) is 0 Å². The van der Waals surface area contributed by atoms with Crippen molar-refractivity contribution in [1.29, 1.82) is 0 Å². The molecule has 1 atom stereocenters. The molecule has 0 aliphatic carbocycles. The van der Waals surface area contributed by atoms with E-state index in [9.17, 15) is 4.79 Å². The van der Waals surface area contributed by atoms with Gasteiger partial charge in [0.1, 0.15) is 5.78 Å². The topological polar surface area (TPSA) is 17.1 Å². The lowest BCUT2D eigenvalue weighted by Crippen LogP contribution is -2.13. The maximum atomic E-state index is 11.9. The number of unbranched alkanes of at least 4 members (excludes halogenated alkanes) is 8. The second kappa shape index (κ2) is 14.1. The van der Waals surface area contributed by atoms with E-state index >= 15 is 0 Å². The van der Waals surface area contributed by atoms with Gasteiger partial charge in [0, 0.05) is 12.3 Å². The summed E-state index contributed by atoms with van der Waals surface area (Å²) in [6.07, 6.45) is 16.2. The van der Waals surface area contributed by atoms with Gasteiger partial charge in [-0.15, -0.1) is 0 Å². The zero-order valence-corrected chi connectivity index (χ0v) is 13.7. The van der Waals surface area contributed by atoms with Crippen LogP contribution in [0.5, 0.6) is 0 Å². The maximum Gasteiger partial charge on any atom is 0.135 e. The predicted molar refractivity (Wildman–Crippen MR) is 85.5 cm³/mol. The molecular weight excluding hydrogens is 232 g/mol. The van der Waals surface area contributed by atoms with E-state index in [1.165, 1.54) is 64.2 Å². The average Bonchev–Trinajstić information content (AvgIpc) is 2.44. The van der Waals surface area contributed by atoms with Gasteiger partial charge in [-0.2, -0.15) is 0 Å². The van der Waals surface area contributed by atoms with Crippen molar-refractivity contribution in [3.05, 3.63) is 0 Å². The molecule has 0 aromatic heterocycles. The van der Waals surface area contributed by atoms with E-state index < -0.39 is 0 Å². The van der Waals surface area contributed by atoms with Crippen molar-refractivity contribution < 1.29 is 4.79 Å². The molecule has 0 saturated carbocycles. The summed E-state index contributed by atoms with van der Waals surface area (Å²) in [5.74, 6) is 0.873. The second-order valence-corrected chi connectivity index (χ2v) is 5.92. The molecule has 0 N–H and O–H groups in total. The van der Waals surface area contributed by atoms with Crippen LogP contribution in [0.15, 0.2) is 0 Å². The van der Waals surface area contributed by atoms with E-state index in [1.54, 1.807) is 0 Å². The Morgan fingerprint density at radius 1 is 0.684 bits per heavy atom. The van der Waals surface area contributed by atoms with Gasteiger partial charge in [-0.05, 0) is 12.8 Å². The largest absolute Gasteiger partial charge is 0.299 e. The van der Waals surface area contributed by atoms with Crippen LogP contribution in [0, 0.1) is 5.92 Å². The Labute approximate surface area is 121 Å². The summed E-state index contributed by atoms with van der Waals surface area (Å²) < 4.78 is 0. The molecule has 0 spiro atoms. The van der Waals surface area contributed by atoms with E-state index in [-0.39, 0.29) is 0 Å². The summed E-state index contributed by atoms with van der Waals surface area (Å²) in [5.41, 5.74) is 0. The summed E-state index contributed by atoms with van der Waals surface area (Å²) in [6.45, 7) is 6.51. The first-order chi connectivity index (χ1) is 9.26. The molecule has 0 fully saturated rings. The zero-order valence-electron chi connectivity index (χ0n) is 13.7. The monoisotopic (exact) mass is 268 g/mol. The van der Waals surface area contributed by atoms with Crippen molar-refractivity contribution in [2.24, 2.45) is 5.92 Å². The van der Waals surface area contributed by atoms with Crippen molar-refractivity contribution in [1.82, 2.24) is 0 Å². The lowest BCUT2D eigenvalue weighted by atomic mass is 9.90. The zero-order chi connectivity index (χ0) is 14.3. The Morgan fingerprint density at radius 3 is 1.58 bits per heavy atom. The van der Waals surface area contributed by atoms with E-state index in [1.807, 2.05) is 6.92 Å². The van der Waals surface area contributed by atoms with E-state index in [4.69, 9.17) is 0 Å². The van der Waals surface area contributed by atoms with Crippen LogP contribution in [-0.4, -0.2) is 5.78 Å². The lowest BCUT2D eigenvalue weighted by molar-refractivity contribution is -0.123. The number of rotatable bonds is 14. The van der Waals surface area contributed by atoms with Crippen molar-refractivity contribution >= 4 is 5.78 Å². The fourth-order valence-corrected chi connectivity index (χ4v) is 2.74. The molecule has 0 saturated heterocycles. The van der Waals surface area contributed by atoms with Gasteiger partial charge in [-0.25, -0.2) is 0 Å². The van der Waals surface area contributed by atoms with E-state index in [2.05, 4.69) is 13.8 Å². The highest BCUT2D eigenvalue weighted by Gasteiger charge is 2.15. The van der Waals surface area contributed by atoms with Crippen LogP contribution < -0.4 is 0 Å². The third-order valence-electron chi connectivity index (χ3n) is 4.12. The highest BCUT2D eigenvalue weighted by Crippen LogP contribution is 2.20. The third-order valence-corrected chi connectivity index (χ3v) is 4.12. The molecule has 0 aliphatic heterocycles. The molecule has 0 aliphatic rings. The maximum absolute atomic E-state index is 11.9. The summed E-state index contributed by atoms with van der Waals surface area (Å²) in [4.78, 5) is 11.9. The van der Waals surface area contributed by atoms with Gasteiger partial charge in [0.05, 0.1) is 0 Å². The molecule has 0 aromatic carbocycles. The number of ketones is 1. The van der Waals surface area contributed by atoms with Crippen LogP contribution in [0.25, 0.3) is 0 Å². The van der Waals surface area contributed by atoms with Gasteiger partial charge in [0.15, 0.2) is 0 Å². The molecule has 1 unspecified atom stereocenters. The van der Waals surface area contributed by atoms with Gasteiger partial charge in [-0.1, -0.05) is 85.0 Å². The fraction of sp³-hybridized carbons (Fsp3) is 0.944. The first-order valence-corrected chi connectivity index (χ1v) is 8.78. The molecule has 114 valence electrons. The van der Waals surface area contributed by atoms with Gasteiger partial charge in [-0.3, -0.25) is 4.79 Å². The van der Waals surface area contributed by atoms with Crippen molar-refractivity contribution in [3.63, 3.8) is 0 Å². The second-order valence-electron chi connectivity index (χ2n) is 5.92. The minimum Gasteiger partial charge on any atom is -0.299 e. The number of hydrogen-bond donors (Lipinski definition) is 0. The minimum absolute atomic E-state index is 0.369. The van der Waals surface area contributed by atoms with Crippen LogP contribution in [-0.2, 0) is 4.79 Å². The minimum atomic E-state index is 0.369. The average molecular weight is 268 g/mol. The smallest absolute Gasteiger partial charge is 0.135 e. The van der Waals surface area contributed by atoms with E-state index in [0.717, 1.165) is 19.3 Å². The predicted octanol–water partition coefficient (Wildman–Crippen LogP) is 6.30. The van der Waals surface area contributed by atoms with Gasteiger partial charge >= 0.3 is 0 Å². The standard InChI is InChI=1S/C18H36O/c1-4-7-9-11-12-14-16-17(18(19)6-3)15-13-10-8-5-2/h17H,4-16H2,1-3H3. The molecule has 19 heavy (non-hydrogen) atoms. The molecular formula is C18H36O.